The lowest BCUT2D eigenvalue weighted by molar-refractivity contribution is 0.209. The van der Waals surface area contributed by atoms with Crippen molar-refractivity contribution in [1.29, 1.82) is 0 Å². The lowest BCUT2D eigenvalue weighted by atomic mass is 9.87. The molecule has 106 valence electrons. The number of benzene rings is 1. The molecule has 19 heavy (non-hydrogen) atoms. The van der Waals surface area contributed by atoms with Crippen LogP contribution < -0.4 is 4.90 Å². The minimum absolute atomic E-state index is 0.245. The Bertz CT molecular complexity index is 392. The van der Waals surface area contributed by atoms with Gasteiger partial charge >= 0.3 is 0 Å². The van der Waals surface area contributed by atoms with Gasteiger partial charge in [-0.25, -0.2) is 0 Å². The molecule has 0 amide bonds. The van der Waals surface area contributed by atoms with E-state index in [9.17, 15) is 0 Å². The Kier molecular flexibility index (Phi) is 4.19. The van der Waals surface area contributed by atoms with E-state index in [1.165, 1.54) is 24.3 Å². The molecule has 1 aromatic carbocycles. The van der Waals surface area contributed by atoms with Gasteiger partial charge in [0.1, 0.15) is 0 Å². The first-order valence-electron chi connectivity index (χ1n) is 7.47. The SMILES string of the molecule is CC(C)N1CCN(c2ccc(C(C)(C)C)cc2)CC1. The van der Waals surface area contributed by atoms with E-state index < -0.39 is 0 Å². The lowest BCUT2D eigenvalue weighted by Crippen LogP contribution is -2.48. The smallest absolute Gasteiger partial charge is 0.0367 e. The van der Waals surface area contributed by atoms with Gasteiger partial charge < -0.3 is 4.90 Å². The Morgan fingerprint density at radius 2 is 1.42 bits per heavy atom. The Morgan fingerprint density at radius 3 is 1.84 bits per heavy atom. The summed E-state index contributed by atoms with van der Waals surface area (Å²) in [6, 6.07) is 9.80. The molecule has 0 radical (unpaired) electrons. The summed E-state index contributed by atoms with van der Waals surface area (Å²) in [4.78, 5) is 5.06. The highest BCUT2D eigenvalue weighted by atomic mass is 15.3. The van der Waals surface area contributed by atoms with Gasteiger partial charge in [-0.15, -0.1) is 0 Å². The van der Waals surface area contributed by atoms with Gasteiger partial charge in [0.05, 0.1) is 0 Å². The molecule has 0 aromatic heterocycles. The summed E-state index contributed by atoms with van der Waals surface area (Å²) in [6.45, 7) is 16.0. The second-order valence-corrected chi connectivity index (χ2v) is 6.91. The molecule has 2 nitrogen and oxygen atoms in total. The van der Waals surface area contributed by atoms with Gasteiger partial charge in [-0.2, -0.15) is 0 Å². The first kappa shape index (κ1) is 14.4. The fourth-order valence-electron chi connectivity index (χ4n) is 2.67. The van der Waals surface area contributed by atoms with Gasteiger partial charge in [0.25, 0.3) is 0 Å². The van der Waals surface area contributed by atoms with Crippen LogP contribution in [-0.4, -0.2) is 37.1 Å². The minimum Gasteiger partial charge on any atom is -0.369 e. The molecule has 0 aliphatic carbocycles. The van der Waals surface area contributed by atoms with Gasteiger partial charge in [0.15, 0.2) is 0 Å². The number of hydrogen-bond donors (Lipinski definition) is 0. The summed E-state index contributed by atoms with van der Waals surface area (Å²) >= 11 is 0. The van der Waals surface area contributed by atoms with Gasteiger partial charge in [0.2, 0.25) is 0 Å². The van der Waals surface area contributed by atoms with Crippen molar-refractivity contribution in [3.63, 3.8) is 0 Å². The average Bonchev–Trinajstić information content (AvgIpc) is 2.38. The van der Waals surface area contributed by atoms with E-state index in [-0.39, 0.29) is 5.41 Å². The third-order valence-corrected chi connectivity index (χ3v) is 4.14. The zero-order valence-corrected chi connectivity index (χ0v) is 13.1. The molecule has 0 saturated carbocycles. The predicted molar refractivity (Wildman–Crippen MR) is 84.1 cm³/mol. The van der Waals surface area contributed by atoms with Crippen LogP contribution in [0, 0.1) is 0 Å². The summed E-state index contributed by atoms with van der Waals surface area (Å²) in [5.41, 5.74) is 3.03. The van der Waals surface area contributed by atoms with Crippen molar-refractivity contribution in [2.75, 3.05) is 31.1 Å². The Hall–Kier alpha value is -1.02. The molecular weight excluding hydrogens is 232 g/mol. The normalized spacial score (nSPS) is 18.1. The molecule has 2 rings (SSSR count). The summed E-state index contributed by atoms with van der Waals surface area (Å²) in [7, 11) is 0. The molecule has 0 atom stereocenters. The molecule has 0 N–H and O–H groups in total. The summed E-state index contributed by atoms with van der Waals surface area (Å²) in [5, 5.41) is 0. The summed E-state index contributed by atoms with van der Waals surface area (Å²) < 4.78 is 0. The highest BCUT2D eigenvalue weighted by Crippen LogP contribution is 2.25. The van der Waals surface area contributed by atoms with E-state index in [2.05, 4.69) is 68.7 Å². The number of nitrogens with zero attached hydrogens (tertiary/aromatic N) is 2. The molecule has 0 unspecified atom stereocenters. The molecular formula is C17H28N2. The van der Waals surface area contributed by atoms with E-state index in [1.54, 1.807) is 0 Å². The van der Waals surface area contributed by atoms with Gasteiger partial charge in [-0.05, 0) is 37.0 Å². The molecule has 1 saturated heterocycles. The second-order valence-electron chi connectivity index (χ2n) is 6.91. The largest absolute Gasteiger partial charge is 0.369 e. The van der Waals surface area contributed by atoms with Gasteiger partial charge in [-0.1, -0.05) is 32.9 Å². The van der Waals surface area contributed by atoms with E-state index in [4.69, 9.17) is 0 Å². The van der Waals surface area contributed by atoms with Crippen LogP contribution in [0.5, 0.6) is 0 Å². The Morgan fingerprint density at radius 1 is 0.895 bits per heavy atom. The van der Waals surface area contributed by atoms with Crippen LogP contribution in [0.25, 0.3) is 0 Å². The van der Waals surface area contributed by atoms with E-state index in [1.807, 2.05) is 0 Å². The molecule has 1 heterocycles. The maximum atomic E-state index is 2.56. The van der Waals surface area contributed by atoms with Crippen molar-refractivity contribution in [2.24, 2.45) is 0 Å². The van der Waals surface area contributed by atoms with Crippen LogP contribution in [0.1, 0.15) is 40.2 Å². The first-order valence-corrected chi connectivity index (χ1v) is 7.47. The predicted octanol–water partition coefficient (Wildman–Crippen LogP) is 3.51. The quantitative estimate of drug-likeness (QED) is 0.803. The number of hydrogen-bond acceptors (Lipinski definition) is 2. The monoisotopic (exact) mass is 260 g/mol. The van der Waals surface area contributed by atoms with Crippen LogP contribution in [0.4, 0.5) is 5.69 Å². The van der Waals surface area contributed by atoms with Crippen molar-refractivity contribution >= 4 is 5.69 Å². The topological polar surface area (TPSA) is 6.48 Å². The Balaban J connectivity index is 2.00. The standard InChI is InChI=1S/C17H28N2/c1-14(2)18-10-12-19(13-11-18)16-8-6-15(7-9-16)17(3,4)5/h6-9,14H,10-13H2,1-5H3. The van der Waals surface area contributed by atoms with Crippen molar-refractivity contribution in [1.82, 2.24) is 4.90 Å². The number of rotatable bonds is 2. The van der Waals surface area contributed by atoms with Crippen molar-refractivity contribution < 1.29 is 0 Å². The first-order chi connectivity index (χ1) is 8.88. The third kappa shape index (κ3) is 3.50. The third-order valence-electron chi connectivity index (χ3n) is 4.14. The van der Waals surface area contributed by atoms with E-state index in [0.29, 0.717) is 6.04 Å². The molecule has 0 bridgehead atoms. The highest BCUT2D eigenvalue weighted by Gasteiger charge is 2.19. The fraction of sp³-hybridized carbons (Fsp3) is 0.647. The van der Waals surface area contributed by atoms with Crippen LogP contribution in [-0.2, 0) is 5.41 Å². The summed E-state index contributed by atoms with van der Waals surface area (Å²) in [5.74, 6) is 0. The zero-order valence-electron chi connectivity index (χ0n) is 13.1. The lowest BCUT2D eigenvalue weighted by Gasteiger charge is -2.38. The second kappa shape index (κ2) is 5.54. The number of anilines is 1. The van der Waals surface area contributed by atoms with Crippen LogP contribution >= 0.6 is 0 Å². The van der Waals surface area contributed by atoms with Crippen LogP contribution in [0.15, 0.2) is 24.3 Å². The molecule has 1 aliphatic heterocycles. The molecule has 1 fully saturated rings. The average molecular weight is 260 g/mol. The van der Waals surface area contributed by atoms with Crippen LogP contribution in [0.2, 0.25) is 0 Å². The van der Waals surface area contributed by atoms with Crippen molar-refractivity contribution in [3.05, 3.63) is 29.8 Å². The van der Waals surface area contributed by atoms with Gasteiger partial charge in [0, 0.05) is 37.9 Å². The van der Waals surface area contributed by atoms with E-state index in [0.717, 1.165) is 13.1 Å². The highest BCUT2D eigenvalue weighted by molar-refractivity contribution is 5.49. The maximum Gasteiger partial charge on any atom is 0.0367 e. The number of piperazine rings is 1. The molecule has 2 heteroatoms. The van der Waals surface area contributed by atoms with E-state index >= 15 is 0 Å². The summed E-state index contributed by atoms with van der Waals surface area (Å²) in [6.07, 6.45) is 0. The van der Waals surface area contributed by atoms with Gasteiger partial charge in [-0.3, -0.25) is 4.90 Å². The van der Waals surface area contributed by atoms with Crippen LogP contribution in [0.3, 0.4) is 0 Å². The zero-order chi connectivity index (χ0) is 14.0. The Labute approximate surface area is 118 Å². The molecule has 1 aromatic rings. The minimum atomic E-state index is 0.245. The van der Waals surface area contributed by atoms with Crippen molar-refractivity contribution in [2.45, 2.75) is 46.1 Å². The maximum absolute atomic E-state index is 2.56. The molecule has 0 spiro atoms. The van der Waals surface area contributed by atoms with Crippen molar-refractivity contribution in [3.8, 4) is 0 Å². The fourth-order valence-corrected chi connectivity index (χ4v) is 2.67. The molecule has 1 aliphatic rings.